The molecule has 2 nitrogen and oxygen atoms in total. The molecule has 0 saturated carbocycles. The maximum absolute atomic E-state index is 11.7. The van der Waals surface area contributed by atoms with E-state index in [9.17, 15) is 9.90 Å². The number of Topliss-reactive ketones (excluding diaryl/α,β-unsaturated/α-hetero) is 1. The van der Waals surface area contributed by atoms with E-state index in [1.165, 1.54) is 0 Å². The molecule has 1 aromatic rings. The lowest BCUT2D eigenvalue weighted by Gasteiger charge is -2.15. The quantitative estimate of drug-likeness (QED) is 0.743. The minimum Gasteiger partial charge on any atom is -0.385 e. The van der Waals surface area contributed by atoms with Gasteiger partial charge in [0.2, 0.25) is 0 Å². The van der Waals surface area contributed by atoms with Crippen LogP contribution in [0.3, 0.4) is 0 Å². The van der Waals surface area contributed by atoms with Gasteiger partial charge in [-0.2, -0.15) is 0 Å². The number of hydrogen-bond donors (Lipinski definition) is 1. The van der Waals surface area contributed by atoms with Gasteiger partial charge in [-0.15, -0.1) is 0 Å². The fourth-order valence-electron chi connectivity index (χ4n) is 1.25. The van der Waals surface area contributed by atoms with Crippen LogP contribution in [0.15, 0.2) is 30.3 Å². The van der Waals surface area contributed by atoms with Gasteiger partial charge in [0, 0.05) is 5.56 Å². The lowest BCUT2D eigenvalue weighted by molar-refractivity contribution is 0.0620. The van der Waals surface area contributed by atoms with Gasteiger partial charge in [-0.25, -0.2) is 0 Å². The Morgan fingerprint density at radius 2 is 1.93 bits per heavy atom. The third-order valence-corrected chi connectivity index (χ3v) is 2.51. The van der Waals surface area contributed by atoms with E-state index in [-0.39, 0.29) is 11.7 Å². The first-order valence-corrected chi connectivity index (χ1v) is 4.94. The van der Waals surface area contributed by atoms with Crippen molar-refractivity contribution < 1.29 is 9.90 Å². The first-order chi connectivity index (χ1) is 6.66. The van der Waals surface area contributed by atoms with Crippen LogP contribution in [0.5, 0.6) is 0 Å². The number of benzene rings is 1. The Morgan fingerprint density at radius 1 is 1.36 bits per heavy atom. The van der Waals surface area contributed by atoms with Gasteiger partial charge in [-0.3, -0.25) is 4.79 Å². The monoisotopic (exact) mass is 192 g/mol. The summed E-state index contributed by atoms with van der Waals surface area (Å²) in [5.41, 5.74) is 0.584. The fraction of sp³-hybridized carbons (Fsp3) is 0.417. The largest absolute Gasteiger partial charge is 0.385 e. The Balaban J connectivity index is 2.76. The topological polar surface area (TPSA) is 37.3 Å². The van der Waals surface area contributed by atoms with Crippen molar-refractivity contribution >= 4 is 5.78 Å². The van der Waals surface area contributed by atoms with Crippen molar-refractivity contribution in [2.75, 3.05) is 0 Å². The highest BCUT2D eigenvalue weighted by Crippen LogP contribution is 2.13. The second kappa shape index (κ2) is 4.91. The van der Waals surface area contributed by atoms with E-state index in [0.29, 0.717) is 5.56 Å². The van der Waals surface area contributed by atoms with E-state index in [4.69, 9.17) is 0 Å². The molecule has 0 aromatic heterocycles. The lowest BCUT2D eigenvalue weighted by atomic mass is 9.94. The zero-order chi connectivity index (χ0) is 10.6. The maximum Gasteiger partial charge on any atom is 0.191 e. The number of ketones is 1. The van der Waals surface area contributed by atoms with Crippen LogP contribution in [-0.4, -0.2) is 17.0 Å². The average Bonchev–Trinajstić information content (AvgIpc) is 2.27. The van der Waals surface area contributed by atoms with Crippen LogP contribution in [0.1, 0.15) is 30.6 Å². The van der Waals surface area contributed by atoms with Crippen LogP contribution < -0.4 is 0 Å². The summed E-state index contributed by atoms with van der Waals surface area (Å²) < 4.78 is 0. The highest BCUT2D eigenvalue weighted by atomic mass is 16.3. The molecule has 2 atom stereocenters. The van der Waals surface area contributed by atoms with Crippen LogP contribution in [-0.2, 0) is 0 Å². The Kier molecular flexibility index (Phi) is 3.84. The minimum atomic E-state index is -0.873. The molecule has 0 radical (unpaired) electrons. The smallest absolute Gasteiger partial charge is 0.191 e. The predicted octanol–water partition coefficient (Wildman–Crippen LogP) is 2.28. The molecule has 1 aromatic carbocycles. The van der Waals surface area contributed by atoms with Crippen molar-refractivity contribution in [3.8, 4) is 0 Å². The van der Waals surface area contributed by atoms with Crippen molar-refractivity contribution in [1.29, 1.82) is 0 Å². The SMILES string of the molecule is CC[C@@H](C)[C@@H](O)C(=O)c1ccccc1. The van der Waals surface area contributed by atoms with Gasteiger partial charge < -0.3 is 5.11 Å². The van der Waals surface area contributed by atoms with Crippen LogP contribution in [0.4, 0.5) is 0 Å². The Morgan fingerprint density at radius 3 is 2.43 bits per heavy atom. The highest BCUT2D eigenvalue weighted by Gasteiger charge is 2.21. The highest BCUT2D eigenvalue weighted by molar-refractivity contribution is 5.99. The second-order valence-electron chi connectivity index (χ2n) is 3.56. The summed E-state index contributed by atoms with van der Waals surface area (Å²) in [4.78, 5) is 11.7. The maximum atomic E-state index is 11.7. The molecule has 2 heteroatoms. The molecular formula is C12H16O2. The normalized spacial score (nSPS) is 14.8. The van der Waals surface area contributed by atoms with Crippen molar-refractivity contribution in [2.24, 2.45) is 5.92 Å². The number of carbonyl (C=O) groups excluding carboxylic acids is 1. The van der Waals surface area contributed by atoms with Gasteiger partial charge in [0.1, 0.15) is 6.10 Å². The van der Waals surface area contributed by atoms with Gasteiger partial charge in [0.25, 0.3) is 0 Å². The molecule has 0 unspecified atom stereocenters. The van der Waals surface area contributed by atoms with E-state index in [2.05, 4.69) is 0 Å². The summed E-state index contributed by atoms with van der Waals surface area (Å²) in [6.07, 6.45) is -0.0675. The third kappa shape index (κ3) is 2.42. The van der Waals surface area contributed by atoms with Gasteiger partial charge >= 0.3 is 0 Å². The summed E-state index contributed by atoms with van der Waals surface area (Å²) in [7, 11) is 0. The number of carbonyl (C=O) groups is 1. The van der Waals surface area contributed by atoms with E-state index in [1.807, 2.05) is 19.9 Å². The van der Waals surface area contributed by atoms with E-state index in [1.54, 1.807) is 24.3 Å². The molecule has 0 saturated heterocycles. The zero-order valence-corrected chi connectivity index (χ0v) is 8.60. The number of aliphatic hydroxyl groups excluding tert-OH is 1. The molecule has 0 fully saturated rings. The molecule has 1 rings (SSSR count). The standard InChI is InChI=1S/C12H16O2/c1-3-9(2)11(13)12(14)10-7-5-4-6-8-10/h4-9,11,13H,3H2,1-2H3/t9-,11-/m1/s1. The van der Waals surface area contributed by atoms with Crippen molar-refractivity contribution in [3.63, 3.8) is 0 Å². The predicted molar refractivity (Wildman–Crippen MR) is 56.2 cm³/mol. The first kappa shape index (κ1) is 10.9. The summed E-state index contributed by atoms with van der Waals surface area (Å²) in [5, 5.41) is 9.69. The molecule has 0 aliphatic heterocycles. The molecular weight excluding hydrogens is 176 g/mol. The fourth-order valence-corrected chi connectivity index (χ4v) is 1.25. The Hall–Kier alpha value is -1.15. The van der Waals surface area contributed by atoms with Crippen molar-refractivity contribution in [3.05, 3.63) is 35.9 Å². The molecule has 1 N–H and O–H groups in total. The lowest BCUT2D eigenvalue weighted by Crippen LogP contribution is -2.27. The van der Waals surface area contributed by atoms with Crippen LogP contribution in [0.25, 0.3) is 0 Å². The van der Waals surface area contributed by atoms with E-state index in [0.717, 1.165) is 6.42 Å². The molecule has 0 bridgehead atoms. The van der Waals surface area contributed by atoms with Gasteiger partial charge in [0.05, 0.1) is 0 Å². The minimum absolute atomic E-state index is 0.0164. The summed E-state index contributed by atoms with van der Waals surface area (Å²) >= 11 is 0. The molecule has 0 spiro atoms. The number of rotatable bonds is 4. The third-order valence-electron chi connectivity index (χ3n) is 2.51. The van der Waals surface area contributed by atoms with E-state index >= 15 is 0 Å². The molecule has 0 amide bonds. The first-order valence-electron chi connectivity index (χ1n) is 4.94. The molecule has 0 heterocycles. The van der Waals surface area contributed by atoms with Crippen LogP contribution in [0.2, 0.25) is 0 Å². The summed E-state index contributed by atoms with van der Waals surface area (Å²) in [6, 6.07) is 8.92. The van der Waals surface area contributed by atoms with Crippen LogP contribution >= 0.6 is 0 Å². The number of aliphatic hydroxyl groups is 1. The summed E-state index contributed by atoms with van der Waals surface area (Å²) in [5.74, 6) is -0.164. The molecule has 0 aliphatic carbocycles. The van der Waals surface area contributed by atoms with Gasteiger partial charge in [-0.05, 0) is 5.92 Å². The van der Waals surface area contributed by atoms with Crippen LogP contribution in [0, 0.1) is 5.92 Å². The molecule has 76 valence electrons. The Bertz CT molecular complexity index is 292. The molecule has 14 heavy (non-hydrogen) atoms. The average molecular weight is 192 g/mol. The second-order valence-corrected chi connectivity index (χ2v) is 3.56. The molecule has 0 aliphatic rings. The Labute approximate surface area is 84.6 Å². The van der Waals surface area contributed by atoms with E-state index < -0.39 is 6.10 Å². The van der Waals surface area contributed by atoms with Crippen molar-refractivity contribution in [1.82, 2.24) is 0 Å². The van der Waals surface area contributed by atoms with Gasteiger partial charge in [0.15, 0.2) is 5.78 Å². The van der Waals surface area contributed by atoms with Crippen molar-refractivity contribution in [2.45, 2.75) is 26.4 Å². The number of hydrogen-bond acceptors (Lipinski definition) is 2. The zero-order valence-electron chi connectivity index (χ0n) is 8.60. The summed E-state index contributed by atoms with van der Waals surface area (Å²) in [6.45, 7) is 3.84. The van der Waals surface area contributed by atoms with Gasteiger partial charge in [-0.1, -0.05) is 50.6 Å².